The maximum absolute atomic E-state index is 14.9. The summed E-state index contributed by atoms with van der Waals surface area (Å²) in [6, 6.07) is 4.73. The van der Waals surface area contributed by atoms with Crippen molar-refractivity contribution >= 4 is 21.9 Å². The number of aryl methyl sites for hydroxylation is 1. The molecule has 0 amide bonds. The van der Waals surface area contributed by atoms with Gasteiger partial charge in [0.1, 0.15) is 16.6 Å². The second kappa shape index (κ2) is 5.82. The molecule has 148 valence electrons. The van der Waals surface area contributed by atoms with E-state index in [-0.39, 0.29) is 17.1 Å². The number of halogens is 2. The summed E-state index contributed by atoms with van der Waals surface area (Å²) in [4.78, 5) is 4.60. The van der Waals surface area contributed by atoms with Crippen molar-refractivity contribution in [1.82, 2.24) is 29.9 Å². The average Bonchev–Trinajstić information content (AvgIpc) is 3.13. The second-order valence-electron chi connectivity index (χ2n) is 8.38. The Morgan fingerprint density at radius 3 is 2.72 bits per heavy atom. The summed E-state index contributed by atoms with van der Waals surface area (Å²) >= 11 is 0. The molecule has 1 unspecified atom stereocenters. The molecule has 1 spiro atoms. The van der Waals surface area contributed by atoms with Gasteiger partial charge in [-0.05, 0) is 44.4 Å². The SMILES string of the molecule is Cn1cc2cc(-c3cc(F)c4nn(C5CCNC6(CC6)C5)cc4n3)cc(F)c2n1. The Kier molecular flexibility index (Phi) is 3.42. The highest BCUT2D eigenvalue weighted by Gasteiger charge is 2.46. The van der Waals surface area contributed by atoms with E-state index in [4.69, 9.17) is 0 Å². The highest BCUT2D eigenvalue weighted by Crippen LogP contribution is 2.45. The third-order valence-corrected chi connectivity index (χ3v) is 6.25. The quantitative estimate of drug-likeness (QED) is 0.563. The number of aromatic nitrogens is 5. The fourth-order valence-corrected chi connectivity index (χ4v) is 4.57. The molecule has 4 aromatic rings. The van der Waals surface area contributed by atoms with E-state index < -0.39 is 11.6 Å². The minimum Gasteiger partial charge on any atom is -0.311 e. The molecule has 1 saturated carbocycles. The molecule has 0 radical (unpaired) electrons. The minimum absolute atomic E-state index is 0.250. The van der Waals surface area contributed by atoms with Gasteiger partial charge in [0, 0.05) is 35.8 Å². The molecule has 0 bridgehead atoms. The number of benzene rings is 1. The van der Waals surface area contributed by atoms with Gasteiger partial charge in [0.05, 0.1) is 17.9 Å². The van der Waals surface area contributed by atoms with Gasteiger partial charge in [0.15, 0.2) is 11.6 Å². The van der Waals surface area contributed by atoms with Crippen LogP contribution in [-0.2, 0) is 7.05 Å². The van der Waals surface area contributed by atoms with E-state index in [1.54, 1.807) is 24.0 Å². The van der Waals surface area contributed by atoms with Gasteiger partial charge in [-0.3, -0.25) is 9.36 Å². The first-order chi connectivity index (χ1) is 14.0. The first kappa shape index (κ1) is 17.0. The maximum atomic E-state index is 14.9. The lowest BCUT2D eigenvalue weighted by Gasteiger charge is -2.30. The van der Waals surface area contributed by atoms with Crippen molar-refractivity contribution in [2.24, 2.45) is 7.05 Å². The first-order valence-electron chi connectivity index (χ1n) is 9.93. The lowest BCUT2D eigenvalue weighted by Crippen LogP contribution is -2.40. The fourth-order valence-electron chi connectivity index (χ4n) is 4.57. The van der Waals surface area contributed by atoms with Crippen LogP contribution in [0.25, 0.3) is 33.2 Å². The number of nitrogens with zero attached hydrogens (tertiary/aromatic N) is 5. The Morgan fingerprint density at radius 1 is 1.07 bits per heavy atom. The molecular formula is C21H20F2N6. The van der Waals surface area contributed by atoms with Crippen LogP contribution in [0, 0.1) is 11.6 Å². The lowest BCUT2D eigenvalue weighted by atomic mass is 9.98. The van der Waals surface area contributed by atoms with E-state index in [2.05, 4.69) is 20.5 Å². The van der Waals surface area contributed by atoms with Crippen LogP contribution < -0.4 is 5.32 Å². The van der Waals surface area contributed by atoms with Gasteiger partial charge in [0.2, 0.25) is 0 Å². The molecule has 2 aliphatic rings. The molecule has 6 rings (SSSR count). The van der Waals surface area contributed by atoms with Crippen LogP contribution in [0.15, 0.2) is 30.6 Å². The zero-order chi connectivity index (χ0) is 19.8. The molecule has 1 aliphatic carbocycles. The van der Waals surface area contributed by atoms with Crippen molar-refractivity contribution in [1.29, 1.82) is 0 Å². The number of hydrogen-bond donors (Lipinski definition) is 1. The molecular weight excluding hydrogens is 374 g/mol. The van der Waals surface area contributed by atoms with Gasteiger partial charge < -0.3 is 5.32 Å². The molecule has 6 nitrogen and oxygen atoms in total. The number of fused-ring (bicyclic) bond motifs is 2. The normalized spacial score (nSPS) is 20.7. The Hall–Kier alpha value is -2.87. The molecule has 2 fully saturated rings. The third-order valence-electron chi connectivity index (χ3n) is 6.25. The Bertz CT molecular complexity index is 1270. The van der Waals surface area contributed by atoms with Gasteiger partial charge in [-0.1, -0.05) is 0 Å². The van der Waals surface area contributed by atoms with Gasteiger partial charge in [-0.15, -0.1) is 0 Å². The molecule has 1 aromatic carbocycles. The second-order valence-corrected chi connectivity index (χ2v) is 8.38. The number of piperidine rings is 1. The van der Waals surface area contributed by atoms with Crippen molar-refractivity contribution in [3.05, 3.63) is 42.2 Å². The topological polar surface area (TPSA) is 60.6 Å². The minimum atomic E-state index is -0.444. The summed E-state index contributed by atoms with van der Waals surface area (Å²) in [5.41, 5.74) is 2.23. The van der Waals surface area contributed by atoms with E-state index in [1.165, 1.54) is 25.0 Å². The van der Waals surface area contributed by atoms with E-state index >= 15 is 0 Å². The van der Waals surface area contributed by atoms with E-state index in [0.717, 1.165) is 19.4 Å². The Morgan fingerprint density at radius 2 is 1.90 bits per heavy atom. The van der Waals surface area contributed by atoms with Gasteiger partial charge in [0.25, 0.3) is 0 Å². The van der Waals surface area contributed by atoms with Gasteiger partial charge >= 0.3 is 0 Å². The van der Waals surface area contributed by atoms with Gasteiger partial charge in [-0.2, -0.15) is 10.2 Å². The molecule has 4 heterocycles. The largest absolute Gasteiger partial charge is 0.311 e. The smallest absolute Gasteiger partial charge is 0.155 e. The maximum Gasteiger partial charge on any atom is 0.155 e. The van der Waals surface area contributed by atoms with Crippen LogP contribution in [-0.4, -0.2) is 36.6 Å². The molecule has 1 atom stereocenters. The van der Waals surface area contributed by atoms with Crippen LogP contribution in [0.1, 0.15) is 31.7 Å². The van der Waals surface area contributed by atoms with Crippen LogP contribution in [0.4, 0.5) is 8.78 Å². The molecule has 3 aromatic heterocycles. The molecule has 1 aliphatic heterocycles. The first-order valence-corrected chi connectivity index (χ1v) is 9.93. The predicted octanol–water partition coefficient (Wildman–Crippen LogP) is 3.72. The fraction of sp³-hybridized carbons (Fsp3) is 0.381. The highest BCUT2D eigenvalue weighted by atomic mass is 19.1. The summed E-state index contributed by atoms with van der Waals surface area (Å²) in [6.07, 6.45) is 7.94. The number of nitrogens with one attached hydrogen (secondary N) is 1. The Balaban J connectivity index is 1.42. The Labute approximate surface area is 165 Å². The summed E-state index contributed by atoms with van der Waals surface area (Å²) in [7, 11) is 1.74. The summed E-state index contributed by atoms with van der Waals surface area (Å²) in [5.74, 6) is -0.883. The van der Waals surface area contributed by atoms with Crippen LogP contribution in [0.2, 0.25) is 0 Å². The average molecular weight is 394 g/mol. The number of pyridine rings is 1. The molecule has 1 saturated heterocycles. The van der Waals surface area contributed by atoms with Crippen molar-refractivity contribution < 1.29 is 8.78 Å². The van der Waals surface area contributed by atoms with Crippen molar-refractivity contribution in [3.8, 4) is 11.3 Å². The van der Waals surface area contributed by atoms with Crippen LogP contribution in [0.3, 0.4) is 0 Å². The standard InChI is InChI=1S/C21H20F2N6/c1-28-10-13-6-12(7-15(22)19(13)26-28)17-8-16(23)20-18(25-17)11-29(27-20)14-2-5-24-21(9-14)3-4-21/h6-8,10-11,14,24H,2-5,9H2,1H3. The lowest BCUT2D eigenvalue weighted by molar-refractivity contribution is 0.271. The number of rotatable bonds is 2. The van der Waals surface area contributed by atoms with E-state index in [1.807, 2.05) is 10.9 Å². The molecule has 8 heteroatoms. The zero-order valence-corrected chi connectivity index (χ0v) is 16.0. The van der Waals surface area contributed by atoms with E-state index in [9.17, 15) is 8.78 Å². The molecule has 1 N–H and O–H groups in total. The summed E-state index contributed by atoms with van der Waals surface area (Å²) in [6.45, 7) is 0.951. The third kappa shape index (κ3) is 2.73. The monoisotopic (exact) mass is 394 g/mol. The van der Waals surface area contributed by atoms with Crippen LogP contribution >= 0.6 is 0 Å². The predicted molar refractivity (Wildman–Crippen MR) is 105 cm³/mol. The highest BCUT2D eigenvalue weighted by molar-refractivity contribution is 5.85. The van der Waals surface area contributed by atoms with Crippen molar-refractivity contribution in [2.45, 2.75) is 37.3 Å². The summed E-state index contributed by atoms with van der Waals surface area (Å²) < 4.78 is 32.8. The zero-order valence-electron chi connectivity index (χ0n) is 16.0. The van der Waals surface area contributed by atoms with Crippen LogP contribution in [0.5, 0.6) is 0 Å². The summed E-state index contributed by atoms with van der Waals surface area (Å²) in [5, 5.41) is 12.9. The number of hydrogen-bond acceptors (Lipinski definition) is 4. The van der Waals surface area contributed by atoms with Crippen molar-refractivity contribution in [3.63, 3.8) is 0 Å². The van der Waals surface area contributed by atoms with E-state index in [0.29, 0.717) is 27.7 Å². The molecule has 29 heavy (non-hydrogen) atoms. The van der Waals surface area contributed by atoms with Gasteiger partial charge in [-0.25, -0.2) is 13.8 Å². The van der Waals surface area contributed by atoms with Crippen molar-refractivity contribution in [2.75, 3.05) is 6.54 Å².